The summed E-state index contributed by atoms with van der Waals surface area (Å²) in [6.07, 6.45) is 1.13. The average Bonchev–Trinajstić information content (AvgIpc) is 3.27. The van der Waals surface area contributed by atoms with Crippen molar-refractivity contribution in [2.45, 2.75) is 26.3 Å². The standard InChI is InChI=1S/C25H28F4N6O/c1-4-6-17(35-9-7-34(5-2)8-10-35)21(30)23-19(24(28)29)25(32-13-31-23)36-18-12-16(26)22-15(20(18)27)11-14(3)33-22/h4,6,11-13,21,24,33H,1,5,7-10,30H2,2-3H3/b17-6+. The maximum absolute atomic E-state index is 15.1. The summed E-state index contributed by atoms with van der Waals surface area (Å²) in [5.74, 6) is -2.86. The predicted octanol–water partition coefficient (Wildman–Crippen LogP) is 4.98. The zero-order valence-corrected chi connectivity index (χ0v) is 20.1. The number of nitrogens with one attached hydrogen (secondary N) is 1. The van der Waals surface area contributed by atoms with E-state index in [1.54, 1.807) is 13.0 Å². The zero-order chi connectivity index (χ0) is 26.0. The second-order valence-electron chi connectivity index (χ2n) is 8.52. The first kappa shape index (κ1) is 25.6. The molecule has 4 rings (SSSR count). The summed E-state index contributed by atoms with van der Waals surface area (Å²) in [6.45, 7) is 11.2. The molecule has 3 N–H and O–H groups in total. The van der Waals surface area contributed by atoms with Gasteiger partial charge in [-0.1, -0.05) is 19.6 Å². The van der Waals surface area contributed by atoms with Gasteiger partial charge in [-0.25, -0.2) is 27.5 Å². The monoisotopic (exact) mass is 504 g/mol. The van der Waals surface area contributed by atoms with Crippen molar-refractivity contribution in [1.82, 2.24) is 24.8 Å². The van der Waals surface area contributed by atoms with Crippen LogP contribution in [0.25, 0.3) is 10.9 Å². The molecule has 0 amide bonds. The first-order chi connectivity index (χ1) is 17.2. The lowest BCUT2D eigenvalue weighted by Crippen LogP contribution is -2.47. The fraction of sp³-hybridized carbons (Fsp3) is 0.360. The van der Waals surface area contributed by atoms with Gasteiger partial charge in [0.25, 0.3) is 6.43 Å². The molecule has 0 bridgehead atoms. The van der Waals surface area contributed by atoms with Crippen molar-refractivity contribution in [1.29, 1.82) is 0 Å². The van der Waals surface area contributed by atoms with Crippen LogP contribution in [0, 0.1) is 18.6 Å². The van der Waals surface area contributed by atoms with Crippen LogP contribution >= 0.6 is 0 Å². The molecule has 3 aromatic rings. The molecule has 1 aliphatic rings. The molecule has 1 aliphatic heterocycles. The molecule has 0 saturated carbocycles. The molecule has 1 fully saturated rings. The highest BCUT2D eigenvalue weighted by Gasteiger charge is 2.31. The normalized spacial score (nSPS) is 16.1. The highest BCUT2D eigenvalue weighted by molar-refractivity contribution is 5.83. The maximum Gasteiger partial charge on any atom is 0.270 e. The van der Waals surface area contributed by atoms with Gasteiger partial charge in [-0.15, -0.1) is 0 Å². The van der Waals surface area contributed by atoms with Gasteiger partial charge < -0.3 is 25.3 Å². The van der Waals surface area contributed by atoms with Gasteiger partial charge in [-0.2, -0.15) is 0 Å². The fourth-order valence-corrected chi connectivity index (χ4v) is 4.43. The van der Waals surface area contributed by atoms with Crippen LogP contribution in [-0.2, 0) is 0 Å². The van der Waals surface area contributed by atoms with E-state index in [4.69, 9.17) is 10.5 Å². The lowest BCUT2D eigenvalue weighted by atomic mass is 10.0. The van der Waals surface area contributed by atoms with E-state index in [0.29, 0.717) is 24.5 Å². The molecule has 2 aromatic heterocycles. The minimum Gasteiger partial charge on any atom is -0.435 e. The Morgan fingerprint density at radius 1 is 1.22 bits per heavy atom. The summed E-state index contributed by atoms with van der Waals surface area (Å²) in [7, 11) is 0. The van der Waals surface area contributed by atoms with E-state index in [0.717, 1.165) is 32.0 Å². The van der Waals surface area contributed by atoms with Crippen LogP contribution < -0.4 is 10.5 Å². The summed E-state index contributed by atoms with van der Waals surface area (Å²) < 4.78 is 63.7. The van der Waals surface area contributed by atoms with Crippen LogP contribution in [0.1, 0.15) is 36.3 Å². The van der Waals surface area contributed by atoms with Gasteiger partial charge in [0.05, 0.1) is 17.3 Å². The van der Waals surface area contributed by atoms with E-state index in [2.05, 4.69) is 33.4 Å². The number of nitrogens with zero attached hydrogens (tertiary/aromatic N) is 4. The third-order valence-corrected chi connectivity index (χ3v) is 6.29. The summed E-state index contributed by atoms with van der Waals surface area (Å²) in [5, 5.41) is -0.0606. The number of aromatic amines is 1. The SMILES string of the molecule is C=C/C=C(\C(N)c1ncnc(Oc2cc(F)c3[nH]c(C)cc3c2F)c1C(F)F)N1CCN(CC)CC1. The van der Waals surface area contributed by atoms with Crippen molar-refractivity contribution in [2.24, 2.45) is 5.73 Å². The molecule has 0 aliphatic carbocycles. The third-order valence-electron chi connectivity index (χ3n) is 6.29. The highest BCUT2D eigenvalue weighted by Crippen LogP contribution is 2.39. The van der Waals surface area contributed by atoms with Crippen molar-refractivity contribution >= 4 is 10.9 Å². The van der Waals surface area contributed by atoms with E-state index in [1.807, 2.05) is 4.90 Å². The van der Waals surface area contributed by atoms with Gasteiger partial charge in [0.15, 0.2) is 17.4 Å². The van der Waals surface area contributed by atoms with Gasteiger partial charge in [0, 0.05) is 49.0 Å². The van der Waals surface area contributed by atoms with Crippen molar-refractivity contribution < 1.29 is 22.3 Å². The van der Waals surface area contributed by atoms with Gasteiger partial charge in [-0.3, -0.25) is 0 Å². The van der Waals surface area contributed by atoms with Crippen LogP contribution in [0.15, 0.2) is 42.9 Å². The van der Waals surface area contributed by atoms with Gasteiger partial charge in [0.2, 0.25) is 5.88 Å². The molecule has 36 heavy (non-hydrogen) atoms. The van der Waals surface area contributed by atoms with Gasteiger partial charge >= 0.3 is 0 Å². The van der Waals surface area contributed by atoms with Crippen molar-refractivity contribution in [3.8, 4) is 11.6 Å². The number of hydrogen-bond donors (Lipinski definition) is 2. The van der Waals surface area contributed by atoms with E-state index >= 15 is 4.39 Å². The fourth-order valence-electron chi connectivity index (χ4n) is 4.43. The Labute approximate surface area is 206 Å². The Balaban J connectivity index is 1.72. The summed E-state index contributed by atoms with van der Waals surface area (Å²) in [6, 6.07) is 1.14. The second kappa shape index (κ2) is 10.7. The smallest absolute Gasteiger partial charge is 0.270 e. The quantitative estimate of drug-likeness (QED) is 0.333. The highest BCUT2D eigenvalue weighted by atomic mass is 19.3. The molecule has 1 aromatic carbocycles. The molecule has 1 atom stereocenters. The van der Waals surface area contributed by atoms with Crippen LogP contribution in [0.5, 0.6) is 11.6 Å². The second-order valence-corrected chi connectivity index (χ2v) is 8.52. The van der Waals surface area contributed by atoms with Gasteiger partial charge in [0.1, 0.15) is 11.9 Å². The Kier molecular flexibility index (Phi) is 7.60. The Morgan fingerprint density at radius 3 is 2.58 bits per heavy atom. The number of allylic oxidation sites excluding steroid dienone is 2. The molecule has 0 spiro atoms. The number of aromatic nitrogens is 3. The molecule has 7 nitrogen and oxygen atoms in total. The molecular weight excluding hydrogens is 476 g/mol. The number of H-pyrrole nitrogens is 1. The lowest BCUT2D eigenvalue weighted by molar-refractivity contribution is 0.142. The van der Waals surface area contributed by atoms with Crippen LogP contribution in [0.3, 0.4) is 0 Å². The zero-order valence-electron chi connectivity index (χ0n) is 20.1. The number of aryl methyl sites for hydroxylation is 1. The van der Waals surface area contributed by atoms with E-state index in [9.17, 15) is 13.2 Å². The minimum absolute atomic E-state index is 0.0424. The van der Waals surface area contributed by atoms with Crippen molar-refractivity contribution in [3.63, 3.8) is 0 Å². The molecule has 192 valence electrons. The number of likely N-dealkylation sites (N-methyl/N-ethyl adjacent to an activating group) is 1. The number of fused-ring (bicyclic) bond motifs is 1. The number of halogens is 4. The summed E-state index contributed by atoms with van der Waals surface area (Å²) >= 11 is 0. The topological polar surface area (TPSA) is 83.3 Å². The maximum atomic E-state index is 15.1. The number of rotatable bonds is 8. The van der Waals surface area contributed by atoms with Crippen molar-refractivity contribution in [2.75, 3.05) is 32.7 Å². The number of benzene rings is 1. The summed E-state index contributed by atoms with van der Waals surface area (Å²) in [5.41, 5.74) is 6.67. The van der Waals surface area contributed by atoms with Gasteiger partial charge in [-0.05, 0) is 25.6 Å². The van der Waals surface area contributed by atoms with E-state index < -0.39 is 41.3 Å². The molecule has 0 radical (unpaired) electrons. The lowest BCUT2D eigenvalue weighted by Gasteiger charge is -2.38. The first-order valence-corrected chi connectivity index (χ1v) is 11.6. The minimum atomic E-state index is -3.09. The van der Waals surface area contributed by atoms with Crippen LogP contribution in [0.2, 0.25) is 0 Å². The van der Waals surface area contributed by atoms with E-state index in [-0.39, 0.29) is 16.6 Å². The molecule has 11 heteroatoms. The van der Waals surface area contributed by atoms with Crippen molar-refractivity contribution in [3.05, 3.63) is 71.5 Å². The van der Waals surface area contributed by atoms with Crippen LogP contribution in [-0.4, -0.2) is 57.5 Å². The Morgan fingerprint density at radius 2 is 1.94 bits per heavy atom. The van der Waals surface area contributed by atoms with E-state index in [1.165, 1.54) is 12.1 Å². The Hall–Kier alpha value is -3.44. The number of nitrogens with two attached hydrogens (primary N) is 1. The number of ether oxygens (including phenoxy) is 1. The molecule has 1 unspecified atom stereocenters. The molecular formula is C25H28F4N6O. The van der Waals surface area contributed by atoms with Crippen LogP contribution in [0.4, 0.5) is 17.6 Å². The Bertz CT molecular complexity index is 1280. The largest absolute Gasteiger partial charge is 0.435 e. The predicted molar refractivity (Wildman–Crippen MR) is 129 cm³/mol. The number of piperazine rings is 1. The number of hydrogen-bond acceptors (Lipinski definition) is 6. The molecule has 3 heterocycles. The molecule has 1 saturated heterocycles. The number of alkyl halides is 2. The first-order valence-electron chi connectivity index (χ1n) is 11.6. The summed E-state index contributed by atoms with van der Waals surface area (Å²) in [4.78, 5) is 14.8. The third kappa shape index (κ3) is 4.93. The average molecular weight is 505 g/mol.